The van der Waals surface area contributed by atoms with Crippen LogP contribution in [0.1, 0.15) is 25.3 Å². The summed E-state index contributed by atoms with van der Waals surface area (Å²) in [7, 11) is 2.11. The summed E-state index contributed by atoms with van der Waals surface area (Å²) < 4.78 is 0. The SMILES string of the molecule is CC1CC(NC(=O)[C@@H](N)Cc2ccc(O)cc2)CCN1C. The van der Waals surface area contributed by atoms with Gasteiger partial charge in [0.05, 0.1) is 6.04 Å². The molecule has 1 saturated heterocycles. The van der Waals surface area contributed by atoms with Gasteiger partial charge in [0, 0.05) is 18.6 Å². The van der Waals surface area contributed by atoms with Gasteiger partial charge in [-0.25, -0.2) is 0 Å². The van der Waals surface area contributed by atoms with Gasteiger partial charge >= 0.3 is 0 Å². The van der Waals surface area contributed by atoms with Crippen molar-refractivity contribution in [2.24, 2.45) is 5.73 Å². The van der Waals surface area contributed by atoms with Crippen LogP contribution in [-0.2, 0) is 11.2 Å². The second-order valence-corrected chi connectivity index (χ2v) is 6.04. The highest BCUT2D eigenvalue weighted by Crippen LogP contribution is 2.16. The quantitative estimate of drug-likeness (QED) is 0.769. The van der Waals surface area contributed by atoms with Crippen LogP contribution in [0.5, 0.6) is 5.75 Å². The van der Waals surface area contributed by atoms with E-state index in [1.54, 1.807) is 24.3 Å². The Hall–Kier alpha value is -1.59. The van der Waals surface area contributed by atoms with Crippen LogP contribution in [0.3, 0.4) is 0 Å². The standard InChI is InChI=1S/C16H25N3O2/c1-11-9-13(7-8-19(11)2)18-16(21)15(17)10-12-3-5-14(20)6-4-12/h3-6,11,13,15,20H,7-10,17H2,1-2H3,(H,18,21)/t11?,13?,15-/m0/s1. The van der Waals surface area contributed by atoms with Crippen LogP contribution in [0.4, 0.5) is 0 Å². The van der Waals surface area contributed by atoms with Crippen molar-refractivity contribution in [1.29, 1.82) is 0 Å². The average Bonchev–Trinajstić information content (AvgIpc) is 2.45. The molecule has 2 unspecified atom stereocenters. The first kappa shape index (κ1) is 15.8. The highest BCUT2D eigenvalue weighted by atomic mass is 16.3. The predicted octanol–water partition coefficient (Wildman–Crippen LogP) is 0.861. The maximum Gasteiger partial charge on any atom is 0.237 e. The van der Waals surface area contributed by atoms with Gasteiger partial charge in [0.15, 0.2) is 0 Å². The Morgan fingerprint density at radius 2 is 2.14 bits per heavy atom. The fourth-order valence-electron chi connectivity index (χ4n) is 2.71. The van der Waals surface area contributed by atoms with Gasteiger partial charge in [-0.15, -0.1) is 0 Å². The first-order valence-corrected chi connectivity index (χ1v) is 7.50. The van der Waals surface area contributed by atoms with Crippen LogP contribution in [0.15, 0.2) is 24.3 Å². The predicted molar refractivity (Wildman–Crippen MR) is 83.0 cm³/mol. The van der Waals surface area contributed by atoms with E-state index in [4.69, 9.17) is 5.73 Å². The number of rotatable bonds is 4. The first-order valence-electron chi connectivity index (χ1n) is 7.50. The van der Waals surface area contributed by atoms with Crippen molar-refractivity contribution in [3.8, 4) is 5.75 Å². The molecular formula is C16H25N3O2. The number of hydrogen-bond donors (Lipinski definition) is 3. The maximum atomic E-state index is 12.2. The maximum absolute atomic E-state index is 12.2. The number of nitrogens with zero attached hydrogens (tertiary/aromatic N) is 1. The van der Waals surface area contributed by atoms with Crippen LogP contribution in [-0.4, -0.2) is 47.6 Å². The van der Waals surface area contributed by atoms with Gasteiger partial charge in [-0.2, -0.15) is 0 Å². The van der Waals surface area contributed by atoms with Crippen molar-refractivity contribution in [1.82, 2.24) is 10.2 Å². The molecule has 21 heavy (non-hydrogen) atoms. The Bertz CT molecular complexity index is 475. The monoisotopic (exact) mass is 291 g/mol. The van der Waals surface area contributed by atoms with Gasteiger partial charge in [0.2, 0.25) is 5.91 Å². The number of phenolic OH excluding ortho intramolecular Hbond substituents is 1. The summed E-state index contributed by atoms with van der Waals surface area (Å²) in [4.78, 5) is 14.5. The summed E-state index contributed by atoms with van der Waals surface area (Å²) in [6.45, 7) is 3.17. The van der Waals surface area contributed by atoms with E-state index in [1.165, 1.54) is 0 Å². The minimum Gasteiger partial charge on any atom is -0.508 e. The summed E-state index contributed by atoms with van der Waals surface area (Å²) in [5.41, 5.74) is 6.93. The van der Waals surface area contributed by atoms with E-state index in [0.29, 0.717) is 12.5 Å². The van der Waals surface area contributed by atoms with Crippen LogP contribution >= 0.6 is 0 Å². The first-order chi connectivity index (χ1) is 9.95. The summed E-state index contributed by atoms with van der Waals surface area (Å²) in [6, 6.07) is 6.95. The molecule has 116 valence electrons. The number of phenols is 1. The van der Waals surface area contributed by atoms with Crippen LogP contribution < -0.4 is 11.1 Å². The van der Waals surface area contributed by atoms with E-state index in [-0.39, 0.29) is 17.7 Å². The third-order valence-electron chi connectivity index (χ3n) is 4.28. The van der Waals surface area contributed by atoms with Crippen molar-refractivity contribution >= 4 is 5.91 Å². The van der Waals surface area contributed by atoms with Gasteiger partial charge in [0.25, 0.3) is 0 Å². The molecule has 4 N–H and O–H groups in total. The fraction of sp³-hybridized carbons (Fsp3) is 0.562. The number of aromatic hydroxyl groups is 1. The number of carbonyl (C=O) groups excluding carboxylic acids is 1. The number of amides is 1. The van der Waals surface area contributed by atoms with E-state index in [2.05, 4.69) is 24.2 Å². The summed E-state index contributed by atoms with van der Waals surface area (Å²) in [5.74, 6) is 0.127. The normalized spacial score (nSPS) is 24.5. The second kappa shape index (κ2) is 6.91. The zero-order chi connectivity index (χ0) is 15.4. The fourth-order valence-corrected chi connectivity index (χ4v) is 2.71. The van der Waals surface area contributed by atoms with Gasteiger partial charge in [-0.05, 0) is 50.9 Å². The minimum absolute atomic E-state index is 0.0928. The summed E-state index contributed by atoms with van der Waals surface area (Å²) in [6.07, 6.45) is 2.42. The lowest BCUT2D eigenvalue weighted by Gasteiger charge is -2.35. The molecule has 0 spiro atoms. The smallest absolute Gasteiger partial charge is 0.237 e. The molecule has 2 rings (SSSR count). The Balaban J connectivity index is 1.83. The lowest BCUT2D eigenvalue weighted by Crippen LogP contribution is -2.51. The largest absolute Gasteiger partial charge is 0.508 e. The number of piperidine rings is 1. The zero-order valence-corrected chi connectivity index (χ0v) is 12.7. The molecule has 1 amide bonds. The third-order valence-corrected chi connectivity index (χ3v) is 4.28. The molecule has 1 aromatic rings. The molecule has 0 aliphatic carbocycles. The molecule has 5 nitrogen and oxygen atoms in total. The lowest BCUT2D eigenvalue weighted by atomic mass is 9.98. The molecule has 3 atom stereocenters. The van der Waals surface area contributed by atoms with Crippen LogP contribution in [0, 0.1) is 0 Å². The van der Waals surface area contributed by atoms with Gasteiger partial charge in [-0.1, -0.05) is 12.1 Å². The van der Waals surface area contributed by atoms with Gasteiger partial charge in [-0.3, -0.25) is 4.79 Å². The van der Waals surface area contributed by atoms with E-state index in [0.717, 1.165) is 24.9 Å². The molecular weight excluding hydrogens is 266 g/mol. The molecule has 5 heteroatoms. The number of carbonyl (C=O) groups is 1. The van der Waals surface area contributed by atoms with Crippen LogP contribution in [0.2, 0.25) is 0 Å². The Morgan fingerprint density at radius 1 is 1.48 bits per heavy atom. The molecule has 0 saturated carbocycles. The Kier molecular flexibility index (Phi) is 5.20. The average molecular weight is 291 g/mol. The van der Waals surface area contributed by atoms with Crippen molar-refractivity contribution in [3.05, 3.63) is 29.8 Å². The van der Waals surface area contributed by atoms with E-state index < -0.39 is 6.04 Å². The van der Waals surface area contributed by atoms with E-state index >= 15 is 0 Å². The highest BCUT2D eigenvalue weighted by Gasteiger charge is 2.25. The molecule has 1 fully saturated rings. The van der Waals surface area contributed by atoms with E-state index in [9.17, 15) is 9.90 Å². The van der Waals surface area contributed by atoms with Crippen molar-refractivity contribution in [2.75, 3.05) is 13.6 Å². The van der Waals surface area contributed by atoms with Gasteiger partial charge < -0.3 is 21.1 Å². The molecule has 1 aliphatic heterocycles. The molecule has 0 radical (unpaired) electrons. The number of likely N-dealkylation sites (tertiary alicyclic amines) is 1. The minimum atomic E-state index is -0.551. The topological polar surface area (TPSA) is 78.6 Å². The van der Waals surface area contributed by atoms with Crippen molar-refractivity contribution in [2.45, 2.75) is 44.3 Å². The second-order valence-electron chi connectivity index (χ2n) is 6.04. The molecule has 1 aliphatic rings. The molecule has 0 bridgehead atoms. The Labute approximate surface area is 126 Å². The Morgan fingerprint density at radius 3 is 2.76 bits per heavy atom. The lowest BCUT2D eigenvalue weighted by molar-refractivity contribution is -0.123. The van der Waals surface area contributed by atoms with Crippen molar-refractivity contribution < 1.29 is 9.90 Å². The number of hydrogen-bond acceptors (Lipinski definition) is 4. The number of benzene rings is 1. The zero-order valence-electron chi connectivity index (χ0n) is 12.7. The van der Waals surface area contributed by atoms with Crippen molar-refractivity contribution in [3.63, 3.8) is 0 Å². The molecule has 1 heterocycles. The summed E-state index contributed by atoms with van der Waals surface area (Å²) >= 11 is 0. The van der Waals surface area contributed by atoms with E-state index in [1.807, 2.05) is 0 Å². The number of nitrogens with two attached hydrogens (primary N) is 1. The third kappa shape index (κ3) is 4.44. The highest BCUT2D eigenvalue weighted by molar-refractivity contribution is 5.82. The number of nitrogens with one attached hydrogen (secondary N) is 1. The van der Waals surface area contributed by atoms with Gasteiger partial charge in [0.1, 0.15) is 5.75 Å². The molecule has 1 aromatic carbocycles. The summed E-state index contributed by atoms with van der Waals surface area (Å²) in [5, 5.41) is 12.3. The molecule has 0 aromatic heterocycles. The van der Waals surface area contributed by atoms with Crippen LogP contribution in [0.25, 0.3) is 0 Å².